The summed E-state index contributed by atoms with van der Waals surface area (Å²) in [6.45, 7) is 5.15. The van der Waals surface area contributed by atoms with E-state index in [0.717, 1.165) is 29.2 Å². The van der Waals surface area contributed by atoms with Gasteiger partial charge < -0.3 is 10.6 Å². The zero-order chi connectivity index (χ0) is 13.9. The predicted octanol–water partition coefficient (Wildman–Crippen LogP) is 3.66. The fraction of sp³-hybridized carbons (Fsp3) is 0.500. The van der Waals surface area contributed by atoms with Crippen LogP contribution in [-0.4, -0.2) is 22.6 Å². The number of nitrogens with one attached hydrogen (secondary N) is 2. The fourth-order valence-electron chi connectivity index (χ4n) is 2.70. The van der Waals surface area contributed by atoms with Gasteiger partial charge in [0.05, 0.1) is 5.52 Å². The lowest BCUT2D eigenvalue weighted by Gasteiger charge is -2.32. The first-order chi connectivity index (χ1) is 9.78. The fourth-order valence-corrected chi connectivity index (χ4v) is 2.70. The van der Waals surface area contributed by atoms with Crippen molar-refractivity contribution in [3.8, 4) is 0 Å². The van der Waals surface area contributed by atoms with Crippen molar-refractivity contribution in [3.05, 3.63) is 24.3 Å². The molecule has 0 radical (unpaired) electrons. The molecule has 3 rings (SSSR count). The molecule has 1 heterocycles. The summed E-state index contributed by atoms with van der Waals surface area (Å²) in [4.78, 5) is 9.19. The van der Waals surface area contributed by atoms with Gasteiger partial charge in [0.15, 0.2) is 0 Å². The Kier molecular flexibility index (Phi) is 3.72. The lowest BCUT2D eigenvalue weighted by molar-refractivity contribution is 0.285. The van der Waals surface area contributed by atoms with Crippen LogP contribution in [0, 0.1) is 5.92 Å². The van der Waals surface area contributed by atoms with E-state index in [4.69, 9.17) is 0 Å². The van der Waals surface area contributed by atoms with Gasteiger partial charge in [-0.25, -0.2) is 4.98 Å². The zero-order valence-electron chi connectivity index (χ0n) is 12.2. The van der Waals surface area contributed by atoms with E-state index in [-0.39, 0.29) is 0 Å². The quantitative estimate of drug-likeness (QED) is 0.870. The molecule has 0 spiro atoms. The number of fused-ring (bicyclic) bond motifs is 1. The smallest absolute Gasteiger partial charge is 0.225 e. The summed E-state index contributed by atoms with van der Waals surface area (Å²) < 4.78 is 0. The Morgan fingerprint density at radius 1 is 1.25 bits per heavy atom. The summed E-state index contributed by atoms with van der Waals surface area (Å²) in [6.07, 6.45) is 4.03. The Hall–Kier alpha value is -1.84. The second-order valence-electron chi connectivity index (χ2n) is 5.57. The van der Waals surface area contributed by atoms with Crippen LogP contribution < -0.4 is 10.6 Å². The van der Waals surface area contributed by atoms with Crippen molar-refractivity contribution in [2.45, 2.75) is 39.2 Å². The molecule has 0 saturated heterocycles. The molecule has 1 aliphatic carbocycles. The van der Waals surface area contributed by atoms with Gasteiger partial charge in [-0.05, 0) is 44.7 Å². The Labute approximate surface area is 120 Å². The van der Waals surface area contributed by atoms with E-state index >= 15 is 0 Å². The molecule has 1 aromatic carbocycles. The van der Waals surface area contributed by atoms with E-state index in [0.29, 0.717) is 12.0 Å². The number of aromatic nitrogens is 2. The summed E-state index contributed by atoms with van der Waals surface area (Å²) in [7, 11) is 0. The van der Waals surface area contributed by atoms with Crippen molar-refractivity contribution in [2.24, 2.45) is 5.92 Å². The maximum atomic E-state index is 4.64. The molecule has 1 saturated carbocycles. The summed E-state index contributed by atoms with van der Waals surface area (Å²) in [5, 5.41) is 7.90. The molecule has 1 fully saturated rings. The minimum atomic E-state index is 0.469. The summed E-state index contributed by atoms with van der Waals surface area (Å²) >= 11 is 0. The maximum absolute atomic E-state index is 4.64. The van der Waals surface area contributed by atoms with Crippen molar-refractivity contribution in [3.63, 3.8) is 0 Å². The molecule has 2 N–H and O–H groups in total. The van der Waals surface area contributed by atoms with Crippen LogP contribution in [0.15, 0.2) is 24.3 Å². The van der Waals surface area contributed by atoms with E-state index in [9.17, 15) is 0 Å². The topological polar surface area (TPSA) is 49.8 Å². The first kappa shape index (κ1) is 13.2. The molecule has 1 atom stereocenters. The molecule has 1 aromatic heterocycles. The van der Waals surface area contributed by atoms with Crippen LogP contribution >= 0.6 is 0 Å². The van der Waals surface area contributed by atoms with Crippen molar-refractivity contribution in [2.75, 3.05) is 17.2 Å². The predicted molar refractivity (Wildman–Crippen MR) is 84.1 cm³/mol. The van der Waals surface area contributed by atoms with Gasteiger partial charge in [-0.1, -0.05) is 18.6 Å². The molecular weight excluding hydrogens is 248 g/mol. The highest BCUT2D eigenvalue weighted by atomic mass is 15.1. The minimum absolute atomic E-state index is 0.469. The summed E-state index contributed by atoms with van der Waals surface area (Å²) in [6, 6.07) is 8.65. The molecule has 4 nitrogen and oxygen atoms in total. The molecule has 1 aliphatic rings. The Balaban J connectivity index is 1.93. The third kappa shape index (κ3) is 2.55. The van der Waals surface area contributed by atoms with Crippen molar-refractivity contribution >= 4 is 22.7 Å². The highest BCUT2D eigenvalue weighted by molar-refractivity contribution is 5.90. The number of hydrogen-bond acceptors (Lipinski definition) is 4. The number of benzene rings is 1. The van der Waals surface area contributed by atoms with Gasteiger partial charge in [-0.2, -0.15) is 4.98 Å². The van der Waals surface area contributed by atoms with Crippen LogP contribution in [0.2, 0.25) is 0 Å². The normalized spacial score (nSPS) is 16.7. The van der Waals surface area contributed by atoms with Gasteiger partial charge >= 0.3 is 0 Å². The lowest BCUT2D eigenvalue weighted by atomic mass is 9.80. The molecule has 2 aromatic rings. The molecule has 0 aliphatic heterocycles. The van der Waals surface area contributed by atoms with Gasteiger partial charge in [0.25, 0.3) is 0 Å². The third-order valence-corrected chi connectivity index (χ3v) is 4.16. The highest BCUT2D eigenvalue weighted by Gasteiger charge is 2.24. The number of rotatable bonds is 5. The highest BCUT2D eigenvalue weighted by Crippen LogP contribution is 2.32. The largest absolute Gasteiger partial charge is 0.367 e. The molecule has 106 valence electrons. The number of hydrogen-bond donors (Lipinski definition) is 2. The van der Waals surface area contributed by atoms with Crippen molar-refractivity contribution in [1.82, 2.24) is 9.97 Å². The Bertz CT molecular complexity index is 592. The van der Waals surface area contributed by atoms with Gasteiger partial charge in [0, 0.05) is 18.0 Å². The average molecular weight is 270 g/mol. The molecule has 4 heteroatoms. The van der Waals surface area contributed by atoms with Crippen molar-refractivity contribution < 1.29 is 0 Å². The van der Waals surface area contributed by atoms with Gasteiger partial charge in [0.1, 0.15) is 5.82 Å². The van der Waals surface area contributed by atoms with E-state index < -0.39 is 0 Å². The first-order valence-corrected chi connectivity index (χ1v) is 7.55. The minimum Gasteiger partial charge on any atom is -0.367 e. The van der Waals surface area contributed by atoms with Crippen LogP contribution in [0.25, 0.3) is 10.9 Å². The summed E-state index contributed by atoms with van der Waals surface area (Å²) in [5.41, 5.74) is 0.988. The SMILES string of the molecule is CCNc1nc(NC(C)C2CCC2)c2ccccc2n1. The van der Waals surface area contributed by atoms with E-state index in [2.05, 4.69) is 40.5 Å². The second-order valence-corrected chi connectivity index (χ2v) is 5.57. The van der Waals surface area contributed by atoms with Crippen LogP contribution in [0.1, 0.15) is 33.1 Å². The number of nitrogens with zero attached hydrogens (tertiary/aromatic N) is 2. The van der Waals surface area contributed by atoms with Crippen LogP contribution in [0.3, 0.4) is 0 Å². The average Bonchev–Trinajstić information content (AvgIpc) is 2.37. The Morgan fingerprint density at radius 2 is 2.05 bits per heavy atom. The van der Waals surface area contributed by atoms with E-state index in [1.807, 2.05) is 18.2 Å². The monoisotopic (exact) mass is 270 g/mol. The molecule has 0 amide bonds. The van der Waals surface area contributed by atoms with Gasteiger partial charge in [-0.3, -0.25) is 0 Å². The van der Waals surface area contributed by atoms with Crippen LogP contribution in [0.5, 0.6) is 0 Å². The number of anilines is 2. The van der Waals surface area contributed by atoms with E-state index in [1.165, 1.54) is 19.3 Å². The van der Waals surface area contributed by atoms with Gasteiger partial charge in [-0.15, -0.1) is 0 Å². The molecular formula is C16H22N4. The van der Waals surface area contributed by atoms with E-state index in [1.54, 1.807) is 0 Å². The van der Waals surface area contributed by atoms with Crippen LogP contribution in [-0.2, 0) is 0 Å². The van der Waals surface area contributed by atoms with Crippen LogP contribution in [0.4, 0.5) is 11.8 Å². The second kappa shape index (κ2) is 5.65. The third-order valence-electron chi connectivity index (χ3n) is 4.16. The maximum Gasteiger partial charge on any atom is 0.225 e. The standard InChI is InChI=1S/C16H22N4/c1-3-17-16-19-14-10-5-4-9-13(14)15(20-16)18-11(2)12-7-6-8-12/h4-5,9-12H,3,6-8H2,1-2H3,(H2,17,18,19,20). The van der Waals surface area contributed by atoms with Crippen molar-refractivity contribution in [1.29, 1.82) is 0 Å². The molecule has 1 unspecified atom stereocenters. The number of para-hydroxylation sites is 1. The first-order valence-electron chi connectivity index (χ1n) is 7.55. The molecule has 20 heavy (non-hydrogen) atoms. The lowest BCUT2D eigenvalue weighted by Crippen LogP contribution is -2.31. The van der Waals surface area contributed by atoms with Gasteiger partial charge in [0.2, 0.25) is 5.95 Å². The summed E-state index contributed by atoms with van der Waals surface area (Å²) in [5.74, 6) is 2.44. The zero-order valence-corrected chi connectivity index (χ0v) is 12.2. The Morgan fingerprint density at radius 3 is 2.75 bits per heavy atom. The molecule has 0 bridgehead atoms.